The summed E-state index contributed by atoms with van der Waals surface area (Å²) in [6.45, 7) is 2.14. The molecule has 6 heteroatoms. The molecule has 0 radical (unpaired) electrons. The number of aliphatic imine (C=N–C) groups is 1. The molecule has 1 atom stereocenters. The first kappa shape index (κ1) is 15.7. The van der Waals surface area contributed by atoms with Crippen LogP contribution in [0.3, 0.4) is 0 Å². The summed E-state index contributed by atoms with van der Waals surface area (Å²) in [5.41, 5.74) is 5.85. The van der Waals surface area contributed by atoms with Crippen LogP contribution in [-0.4, -0.2) is 36.8 Å². The van der Waals surface area contributed by atoms with Crippen LogP contribution in [0.2, 0.25) is 0 Å². The van der Waals surface area contributed by atoms with Gasteiger partial charge in [0.15, 0.2) is 5.17 Å². The molecule has 4 nitrogen and oxygen atoms in total. The van der Waals surface area contributed by atoms with Crippen molar-refractivity contribution in [3.63, 3.8) is 0 Å². The smallest absolute Gasteiger partial charge is 0.154 e. The Morgan fingerprint density at radius 2 is 2.25 bits per heavy atom. The molecule has 1 aliphatic rings. The molecule has 1 aromatic rings. The quantitative estimate of drug-likeness (QED) is 0.482. The topological polar surface area (TPSA) is 56.8 Å². The van der Waals surface area contributed by atoms with Gasteiger partial charge < -0.3 is 15.2 Å². The van der Waals surface area contributed by atoms with Crippen molar-refractivity contribution in [3.8, 4) is 5.75 Å². The fraction of sp³-hybridized carbons (Fsp3) is 0.500. The Morgan fingerprint density at radius 3 is 2.95 bits per heavy atom. The number of nitrogens with zero attached hydrogens (tertiary/aromatic N) is 1. The van der Waals surface area contributed by atoms with Gasteiger partial charge in [-0.05, 0) is 37.1 Å². The lowest BCUT2D eigenvalue weighted by atomic mass is 10.2. The Balaban J connectivity index is 1.59. The minimum Gasteiger partial charge on any atom is -0.493 e. The molecule has 2 N–H and O–H groups in total. The number of nitrogens with two attached hydrogens (primary N) is 1. The van der Waals surface area contributed by atoms with Crippen LogP contribution in [0.1, 0.15) is 12.8 Å². The second kappa shape index (κ2) is 8.54. The van der Waals surface area contributed by atoms with Gasteiger partial charge in [-0.15, -0.1) is 0 Å². The molecule has 1 fully saturated rings. The first-order valence-corrected chi connectivity index (χ1v) is 8.44. The van der Waals surface area contributed by atoms with Gasteiger partial charge in [0, 0.05) is 16.8 Å². The lowest BCUT2D eigenvalue weighted by Crippen LogP contribution is -2.15. The van der Waals surface area contributed by atoms with E-state index >= 15 is 0 Å². The van der Waals surface area contributed by atoms with E-state index in [1.165, 1.54) is 11.8 Å². The van der Waals surface area contributed by atoms with Crippen molar-refractivity contribution in [3.05, 3.63) is 28.7 Å². The number of thioether (sulfide) groups is 1. The van der Waals surface area contributed by atoms with Crippen molar-refractivity contribution in [1.82, 2.24) is 0 Å². The van der Waals surface area contributed by atoms with Gasteiger partial charge in [-0.3, -0.25) is 4.99 Å². The van der Waals surface area contributed by atoms with Crippen molar-refractivity contribution in [1.29, 1.82) is 0 Å². The number of rotatable bonds is 6. The zero-order chi connectivity index (χ0) is 14.2. The van der Waals surface area contributed by atoms with E-state index in [0.29, 0.717) is 18.3 Å². The summed E-state index contributed by atoms with van der Waals surface area (Å²) in [4.78, 5) is 4.33. The molecular formula is C14H19BrN2O2S. The van der Waals surface area contributed by atoms with Gasteiger partial charge in [0.25, 0.3) is 0 Å². The third-order valence-electron chi connectivity index (χ3n) is 2.89. The van der Waals surface area contributed by atoms with E-state index < -0.39 is 0 Å². The summed E-state index contributed by atoms with van der Waals surface area (Å²) in [5.74, 6) is 1.65. The van der Waals surface area contributed by atoms with Crippen LogP contribution in [0.5, 0.6) is 5.75 Å². The molecule has 0 unspecified atom stereocenters. The molecule has 110 valence electrons. The minimum absolute atomic E-state index is 0.258. The van der Waals surface area contributed by atoms with Gasteiger partial charge in [0.05, 0.1) is 19.3 Å². The van der Waals surface area contributed by atoms with Crippen LogP contribution in [0, 0.1) is 0 Å². The molecule has 1 aliphatic heterocycles. The highest BCUT2D eigenvalue weighted by molar-refractivity contribution is 9.10. The third kappa shape index (κ3) is 5.73. The fourth-order valence-corrected chi connectivity index (χ4v) is 2.67. The average Bonchev–Trinajstić information content (AvgIpc) is 2.96. The Hall–Kier alpha value is -0.720. The van der Waals surface area contributed by atoms with Crippen molar-refractivity contribution >= 4 is 32.9 Å². The largest absolute Gasteiger partial charge is 0.493 e. The van der Waals surface area contributed by atoms with E-state index in [4.69, 9.17) is 15.2 Å². The summed E-state index contributed by atoms with van der Waals surface area (Å²) in [6.07, 6.45) is 2.48. The first-order valence-electron chi connectivity index (χ1n) is 6.67. The fourth-order valence-electron chi connectivity index (χ4n) is 1.86. The highest BCUT2D eigenvalue weighted by Gasteiger charge is 2.14. The Morgan fingerprint density at radius 1 is 1.45 bits per heavy atom. The second-order valence-corrected chi connectivity index (χ2v) is 6.50. The third-order valence-corrected chi connectivity index (χ3v) is 4.21. The highest BCUT2D eigenvalue weighted by Crippen LogP contribution is 2.16. The van der Waals surface area contributed by atoms with Crippen LogP contribution in [0.4, 0.5) is 0 Å². The summed E-state index contributed by atoms with van der Waals surface area (Å²) in [6, 6.07) is 7.78. The normalized spacial score (nSPS) is 19.2. The van der Waals surface area contributed by atoms with Gasteiger partial charge in [-0.2, -0.15) is 0 Å². The maximum Gasteiger partial charge on any atom is 0.154 e. The van der Waals surface area contributed by atoms with Gasteiger partial charge in [0.2, 0.25) is 0 Å². The highest BCUT2D eigenvalue weighted by atomic mass is 79.9. The predicted molar refractivity (Wildman–Crippen MR) is 87.6 cm³/mol. The second-order valence-electron chi connectivity index (χ2n) is 4.46. The Labute approximate surface area is 132 Å². The maximum absolute atomic E-state index is 5.85. The zero-order valence-electron chi connectivity index (χ0n) is 11.3. The minimum atomic E-state index is 0.258. The molecule has 2 rings (SSSR count). The van der Waals surface area contributed by atoms with Gasteiger partial charge >= 0.3 is 0 Å². The van der Waals surface area contributed by atoms with Crippen LogP contribution in [0.25, 0.3) is 0 Å². The molecule has 0 amide bonds. The van der Waals surface area contributed by atoms with Crippen LogP contribution in [0.15, 0.2) is 33.7 Å². The number of benzene rings is 1. The first-order chi connectivity index (χ1) is 9.74. The summed E-state index contributed by atoms with van der Waals surface area (Å²) in [5, 5.41) is 0.611. The average molecular weight is 359 g/mol. The van der Waals surface area contributed by atoms with E-state index in [9.17, 15) is 0 Å². The lowest BCUT2D eigenvalue weighted by Gasteiger charge is -2.07. The molecule has 1 saturated heterocycles. The monoisotopic (exact) mass is 358 g/mol. The molecule has 0 saturated carbocycles. The van der Waals surface area contributed by atoms with Crippen LogP contribution in [-0.2, 0) is 4.74 Å². The molecule has 0 spiro atoms. The van der Waals surface area contributed by atoms with Gasteiger partial charge in [0.1, 0.15) is 5.75 Å². The molecular weight excluding hydrogens is 340 g/mol. The molecule has 20 heavy (non-hydrogen) atoms. The summed E-state index contributed by atoms with van der Waals surface area (Å²) >= 11 is 4.91. The molecule has 0 bridgehead atoms. The number of hydrogen-bond acceptors (Lipinski definition) is 4. The molecule has 1 aromatic carbocycles. The number of ether oxygens (including phenoxy) is 2. The van der Waals surface area contributed by atoms with Crippen molar-refractivity contribution in [2.75, 3.05) is 25.5 Å². The van der Waals surface area contributed by atoms with Crippen molar-refractivity contribution in [2.45, 2.75) is 18.9 Å². The van der Waals surface area contributed by atoms with Gasteiger partial charge in [-0.25, -0.2) is 0 Å². The Bertz CT molecular complexity index is 433. The Kier molecular flexibility index (Phi) is 6.69. The zero-order valence-corrected chi connectivity index (χ0v) is 13.7. The van der Waals surface area contributed by atoms with E-state index in [1.54, 1.807) is 0 Å². The number of halogens is 1. The summed E-state index contributed by atoms with van der Waals surface area (Å²) < 4.78 is 12.2. The van der Waals surface area contributed by atoms with Gasteiger partial charge in [-0.1, -0.05) is 27.7 Å². The number of hydrogen-bond donors (Lipinski definition) is 1. The van der Waals surface area contributed by atoms with Crippen LogP contribution < -0.4 is 10.5 Å². The molecule has 1 heterocycles. The maximum atomic E-state index is 5.85. The van der Waals surface area contributed by atoms with E-state index in [0.717, 1.165) is 35.4 Å². The van der Waals surface area contributed by atoms with Crippen LogP contribution >= 0.6 is 27.7 Å². The van der Waals surface area contributed by atoms with Crippen molar-refractivity contribution < 1.29 is 9.47 Å². The standard InChI is InChI=1S/C14H19BrN2O2S/c15-11-3-5-12(6-4-11)19-8-9-20-14(16)17-10-13-2-1-7-18-13/h3-6,13H,1-2,7-10H2,(H2,16,17)/t13-/m0/s1. The lowest BCUT2D eigenvalue weighted by molar-refractivity contribution is 0.118. The van der Waals surface area contributed by atoms with Crippen molar-refractivity contribution in [2.24, 2.45) is 10.7 Å². The predicted octanol–water partition coefficient (Wildman–Crippen LogP) is 3.05. The van der Waals surface area contributed by atoms with E-state index in [1.807, 2.05) is 24.3 Å². The molecule has 0 aromatic heterocycles. The molecule has 0 aliphatic carbocycles. The summed E-state index contributed by atoms with van der Waals surface area (Å²) in [7, 11) is 0. The van der Waals surface area contributed by atoms with E-state index in [2.05, 4.69) is 20.9 Å². The number of amidine groups is 1. The SMILES string of the molecule is NC(=NC[C@@H]1CCCO1)SCCOc1ccc(Br)cc1. The van der Waals surface area contributed by atoms with E-state index in [-0.39, 0.29) is 6.10 Å².